The van der Waals surface area contributed by atoms with Crippen molar-refractivity contribution in [2.45, 2.75) is 59.4 Å². The summed E-state index contributed by atoms with van der Waals surface area (Å²) in [6.07, 6.45) is 0. The first kappa shape index (κ1) is 14.2. The molecule has 0 aromatic heterocycles. The molecule has 1 aliphatic rings. The summed E-state index contributed by atoms with van der Waals surface area (Å²) in [4.78, 5) is 26.1. The molecule has 1 heterocycles. The third-order valence-corrected chi connectivity index (χ3v) is 4.97. The number of amides is 3. The Hall–Kier alpha value is -0.843. The number of hydrogen-bond donors (Lipinski definition) is 0. The van der Waals surface area contributed by atoms with Gasteiger partial charge in [0.05, 0.1) is 0 Å². The summed E-state index contributed by atoms with van der Waals surface area (Å²) in [5.74, 6) is 0.143. The van der Waals surface area contributed by atoms with Gasteiger partial charge in [-0.2, -0.15) is 0 Å². The molecule has 0 aromatic carbocycles. The molecule has 17 heavy (non-hydrogen) atoms. The highest BCUT2D eigenvalue weighted by Gasteiger charge is 2.51. The number of carbonyl (C=O) groups is 2. The van der Waals surface area contributed by atoms with Gasteiger partial charge in [-0.05, 0) is 19.8 Å². The van der Waals surface area contributed by atoms with E-state index in [2.05, 4.69) is 19.6 Å². The van der Waals surface area contributed by atoms with E-state index in [1.165, 1.54) is 4.90 Å². The van der Waals surface area contributed by atoms with Crippen LogP contribution in [0.5, 0.6) is 0 Å². The maximum absolute atomic E-state index is 12.4. The molecule has 0 aliphatic carbocycles. The lowest BCUT2D eigenvalue weighted by atomic mass is 10.0. The molecule has 1 aliphatic heterocycles. The van der Waals surface area contributed by atoms with Gasteiger partial charge in [0, 0.05) is 6.04 Å². The van der Waals surface area contributed by atoms with E-state index in [1.54, 1.807) is 0 Å². The minimum atomic E-state index is -1.82. The zero-order chi connectivity index (χ0) is 13.5. The van der Waals surface area contributed by atoms with Crippen molar-refractivity contribution < 1.29 is 9.59 Å². The average molecular weight is 256 g/mol. The monoisotopic (exact) mass is 256 g/mol. The van der Waals surface area contributed by atoms with Crippen molar-refractivity contribution in [2.24, 2.45) is 5.92 Å². The molecule has 98 valence electrons. The van der Waals surface area contributed by atoms with Gasteiger partial charge in [-0.25, -0.2) is 4.79 Å². The normalized spacial score (nSPS) is 22.3. The molecule has 1 unspecified atom stereocenters. The molecule has 0 N–H and O–H groups in total. The summed E-state index contributed by atoms with van der Waals surface area (Å²) in [7, 11) is -1.82. The van der Waals surface area contributed by atoms with Crippen LogP contribution in [-0.2, 0) is 4.79 Å². The highest BCUT2D eigenvalue weighted by molar-refractivity contribution is 6.76. The zero-order valence-corrected chi connectivity index (χ0v) is 12.9. The summed E-state index contributed by atoms with van der Waals surface area (Å²) in [6.45, 7) is 14.1. The first-order valence-corrected chi connectivity index (χ1v) is 9.70. The lowest BCUT2D eigenvalue weighted by molar-refractivity contribution is -0.130. The first-order chi connectivity index (χ1) is 7.59. The van der Waals surface area contributed by atoms with Crippen LogP contribution in [0.15, 0.2) is 0 Å². The molecule has 0 spiro atoms. The maximum Gasteiger partial charge on any atom is 0.319 e. The second-order valence-corrected chi connectivity index (χ2v) is 11.1. The van der Waals surface area contributed by atoms with Gasteiger partial charge in [0.15, 0.2) is 8.24 Å². The standard InChI is InChI=1S/C12H24N2O2Si/c1-8(2)10-11(15)13(9(3)4)12(16)14(10)17(5,6)7/h8-10H,1-7H3. The number of hydrogen-bond acceptors (Lipinski definition) is 2. The van der Waals surface area contributed by atoms with E-state index >= 15 is 0 Å². The Morgan fingerprint density at radius 3 is 1.76 bits per heavy atom. The lowest BCUT2D eigenvalue weighted by Gasteiger charge is -2.35. The number of urea groups is 1. The Balaban J connectivity index is 3.20. The van der Waals surface area contributed by atoms with E-state index in [0.717, 1.165) is 0 Å². The van der Waals surface area contributed by atoms with Gasteiger partial charge < -0.3 is 4.57 Å². The average Bonchev–Trinajstić information content (AvgIpc) is 2.36. The second-order valence-electron chi connectivity index (χ2n) is 6.31. The van der Waals surface area contributed by atoms with Gasteiger partial charge in [0.2, 0.25) is 0 Å². The van der Waals surface area contributed by atoms with Gasteiger partial charge in [-0.15, -0.1) is 0 Å². The summed E-state index contributed by atoms with van der Waals surface area (Å²) in [5.41, 5.74) is 0. The summed E-state index contributed by atoms with van der Waals surface area (Å²) in [6, 6.07) is -0.419. The molecular formula is C12H24N2O2Si. The fourth-order valence-electron chi connectivity index (χ4n) is 2.35. The van der Waals surface area contributed by atoms with Crippen molar-refractivity contribution >= 4 is 20.2 Å². The molecule has 1 fully saturated rings. The Morgan fingerprint density at radius 1 is 1.06 bits per heavy atom. The van der Waals surface area contributed by atoms with Crippen LogP contribution in [-0.4, -0.2) is 41.7 Å². The van der Waals surface area contributed by atoms with Crippen LogP contribution in [0.25, 0.3) is 0 Å². The highest BCUT2D eigenvalue weighted by atomic mass is 28.3. The molecule has 3 amide bonds. The molecule has 1 atom stereocenters. The van der Waals surface area contributed by atoms with Gasteiger partial charge in [-0.1, -0.05) is 33.5 Å². The molecule has 1 saturated heterocycles. The summed E-state index contributed by atoms with van der Waals surface area (Å²) >= 11 is 0. The van der Waals surface area contributed by atoms with Crippen LogP contribution >= 0.6 is 0 Å². The molecular weight excluding hydrogens is 232 g/mol. The molecule has 1 rings (SSSR count). The van der Waals surface area contributed by atoms with E-state index in [4.69, 9.17) is 0 Å². The van der Waals surface area contributed by atoms with E-state index in [-0.39, 0.29) is 29.9 Å². The van der Waals surface area contributed by atoms with Crippen LogP contribution in [0.4, 0.5) is 4.79 Å². The van der Waals surface area contributed by atoms with E-state index < -0.39 is 8.24 Å². The van der Waals surface area contributed by atoms with E-state index in [0.29, 0.717) is 0 Å². The van der Waals surface area contributed by atoms with Gasteiger partial charge in [0.25, 0.3) is 5.91 Å². The number of carbonyl (C=O) groups excluding carboxylic acids is 2. The first-order valence-electron chi connectivity index (χ1n) is 6.25. The molecule has 0 bridgehead atoms. The Kier molecular flexibility index (Phi) is 3.71. The topological polar surface area (TPSA) is 40.6 Å². The van der Waals surface area contributed by atoms with Crippen molar-refractivity contribution in [3.8, 4) is 0 Å². The van der Waals surface area contributed by atoms with Crippen molar-refractivity contribution in [1.82, 2.24) is 9.47 Å². The zero-order valence-electron chi connectivity index (χ0n) is 11.9. The third-order valence-electron chi connectivity index (χ3n) is 3.05. The maximum atomic E-state index is 12.4. The fourth-order valence-corrected chi connectivity index (χ4v) is 4.27. The van der Waals surface area contributed by atoms with Crippen LogP contribution in [0.1, 0.15) is 27.7 Å². The van der Waals surface area contributed by atoms with Crippen molar-refractivity contribution in [2.75, 3.05) is 0 Å². The molecule has 4 nitrogen and oxygen atoms in total. The van der Waals surface area contributed by atoms with Crippen LogP contribution < -0.4 is 0 Å². The predicted octanol–water partition coefficient (Wildman–Crippen LogP) is 2.52. The summed E-state index contributed by atoms with van der Waals surface area (Å²) < 4.78 is 1.86. The van der Waals surface area contributed by atoms with Gasteiger partial charge in [-0.3, -0.25) is 9.69 Å². The quantitative estimate of drug-likeness (QED) is 0.575. The Bertz CT molecular complexity index is 334. The number of nitrogens with zero attached hydrogens (tertiary/aromatic N) is 2. The predicted molar refractivity (Wildman–Crippen MR) is 71.2 cm³/mol. The minimum absolute atomic E-state index is 0.0255. The van der Waals surface area contributed by atoms with E-state index in [9.17, 15) is 9.59 Å². The number of rotatable bonds is 3. The Morgan fingerprint density at radius 2 is 1.53 bits per heavy atom. The highest BCUT2D eigenvalue weighted by Crippen LogP contribution is 2.30. The van der Waals surface area contributed by atoms with Crippen molar-refractivity contribution in [1.29, 1.82) is 0 Å². The van der Waals surface area contributed by atoms with Crippen LogP contribution in [0, 0.1) is 5.92 Å². The van der Waals surface area contributed by atoms with Gasteiger partial charge >= 0.3 is 6.03 Å². The molecule has 0 radical (unpaired) electrons. The largest absolute Gasteiger partial charge is 0.340 e. The smallest absolute Gasteiger partial charge is 0.319 e. The number of imide groups is 1. The van der Waals surface area contributed by atoms with Crippen LogP contribution in [0.3, 0.4) is 0 Å². The lowest BCUT2D eigenvalue weighted by Crippen LogP contribution is -2.53. The Labute approximate surface area is 105 Å². The molecule has 0 aromatic rings. The van der Waals surface area contributed by atoms with Gasteiger partial charge in [0.1, 0.15) is 6.04 Å². The van der Waals surface area contributed by atoms with E-state index in [1.807, 2.05) is 32.3 Å². The van der Waals surface area contributed by atoms with Crippen molar-refractivity contribution in [3.63, 3.8) is 0 Å². The SMILES string of the molecule is CC(C)C1C(=O)N(C(C)C)C(=O)N1[Si](C)(C)C. The minimum Gasteiger partial charge on any atom is -0.340 e. The van der Waals surface area contributed by atoms with Crippen molar-refractivity contribution in [3.05, 3.63) is 0 Å². The van der Waals surface area contributed by atoms with Crippen LogP contribution in [0.2, 0.25) is 19.6 Å². The summed E-state index contributed by atoms with van der Waals surface area (Å²) in [5, 5.41) is 0. The molecule has 5 heteroatoms. The second kappa shape index (κ2) is 4.44. The fraction of sp³-hybridized carbons (Fsp3) is 0.833. The third kappa shape index (κ3) is 2.39. The molecule has 0 saturated carbocycles.